The molecule has 132 valence electrons. The minimum absolute atomic E-state index is 0.175. The van der Waals surface area contributed by atoms with Crippen LogP contribution in [0.5, 0.6) is 5.75 Å². The first-order chi connectivity index (χ1) is 12.6. The molecule has 4 nitrogen and oxygen atoms in total. The minimum Gasteiger partial charge on any atom is -0.497 e. The maximum atomic E-state index is 12.3. The number of anilines is 2. The molecule has 0 atom stereocenters. The average Bonchev–Trinajstić information content (AvgIpc) is 2.68. The second kappa shape index (κ2) is 8.41. The molecule has 3 aromatic rings. The Morgan fingerprint density at radius 3 is 2.35 bits per heavy atom. The van der Waals surface area contributed by atoms with E-state index in [-0.39, 0.29) is 5.91 Å². The van der Waals surface area contributed by atoms with Gasteiger partial charge in [-0.1, -0.05) is 29.8 Å². The van der Waals surface area contributed by atoms with Gasteiger partial charge >= 0.3 is 0 Å². The Morgan fingerprint density at radius 1 is 0.962 bits per heavy atom. The van der Waals surface area contributed by atoms with Crippen LogP contribution in [0.15, 0.2) is 72.8 Å². The van der Waals surface area contributed by atoms with E-state index in [9.17, 15) is 4.79 Å². The molecule has 3 rings (SSSR count). The number of ether oxygens (including phenoxy) is 1. The van der Waals surface area contributed by atoms with E-state index in [1.54, 1.807) is 31.4 Å². The van der Waals surface area contributed by atoms with E-state index < -0.39 is 0 Å². The molecule has 0 aliphatic carbocycles. The fraction of sp³-hybridized carbons (Fsp3) is 0.0952. The number of benzene rings is 3. The Labute approximate surface area is 157 Å². The number of methoxy groups -OCH3 is 1. The van der Waals surface area contributed by atoms with Crippen molar-refractivity contribution in [2.24, 2.45) is 0 Å². The van der Waals surface area contributed by atoms with E-state index in [0.29, 0.717) is 17.9 Å². The predicted molar refractivity (Wildman–Crippen MR) is 106 cm³/mol. The van der Waals surface area contributed by atoms with Gasteiger partial charge in [0.1, 0.15) is 5.75 Å². The highest BCUT2D eigenvalue weighted by Gasteiger charge is 2.07. The van der Waals surface area contributed by atoms with Crippen LogP contribution in [0.1, 0.15) is 15.9 Å². The van der Waals surface area contributed by atoms with Crippen molar-refractivity contribution >= 4 is 28.9 Å². The van der Waals surface area contributed by atoms with E-state index in [1.165, 1.54) is 0 Å². The molecule has 1 amide bonds. The third kappa shape index (κ3) is 4.77. The van der Waals surface area contributed by atoms with Gasteiger partial charge in [-0.15, -0.1) is 0 Å². The van der Waals surface area contributed by atoms with Gasteiger partial charge in [-0.3, -0.25) is 4.79 Å². The van der Waals surface area contributed by atoms with Crippen LogP contribution in [0.3, 0.4) is 0 Å². The molecule has 0 bridgehead atoms. The summed E-state index contributed by atoms with van der Waals surface area (Å²) >= 11 is 5.89. The topological polar surface area (TPSA) is 50.4 Å². The molecule has 26 heavy (non-hydrogen) atoms. The summed E-state index contributed by atoms with van der Waals surface area (Å²) in [5, 5.41) is 6.94. The zero-order valence-corrected chi connectivity index (χ0v) is 15.1. The number of nitrogens with one attached hydrogen (secondary N) is 2. The molecule has 0 saturated heterocycles. The maximum Gasteiger partial charge on any atom is 0.255 e. The normalized spacial score (nSPS) is 10.2. The van der Waals surface area contributed by atoms with Crippen molar-refractivity contribution in [2.75, 3.05) is 17.7 Å². The van der Waals surface area contributed by atoms with Crippen molar-refractivity contribution in [1.29, 1.82) is 0 Å². The lowest BCUT2D eigenvalue weighted by Crippen LogP contribution is -2.11. The van der Waals surface area contributed by atoms with Gasteiger partial charge < -0.3 is 15.4 Å². The van der Waals surface area contributed by atoms with Crippen LogP contribution >= 0.6 is 11.6 Å². The Hall–Kier alpha value is -2.98. The molecule has 0 unspecified atom stereocenters. The van der Waals surface area contributed by atoms with E-state index in [4.69, 9.17) is 16.3 Å². The molecular formula is C21H19ClN2O2. The molecule has 0 aliphatic heterocycles. The summed E-state index contributed by atoms with van der Waals surface area (Å²) in [5.41, 5.74) is 3.40. The molecule has 0 heterocycles. The van der Waals surface area contributed by atoms with Crippen molar-refractivity contribution in [3.63, 3.8) is 0 Å². The van der Waals surface area contributed by atoms with Crippen LogP contribution in [0.25, 0.3) is 0 Å². The molecule has 0 aromatic heterocycles. The van der Waals surface area contributed by atoms with Crippen LogP contribution in [0.2, 0.25) is 5.02 Å². The van der Waals surface area contributed by atoms with Crippen molar-refractivity contribution < 1.29 is 9.53 Å². The van der Waals surface area contributed by atoms with Crippen LogP contribution in [0, 0.1) is 0 Å². The number of hydrogen-bond donors (Lipinski definition) is 2. The van der Waals surface area contributed by atoms with Crippen LogP contribution in [0.4, 0.5) is 11.4 Å². The number of carbonyl (C=O) groups excluding carboxylic acids is 1. The molecule has 0 fully saturated rings. The Bertz CT molecular complexity index is 877. The van der Waals surface area contributed by atoms with Gasteiger partial charge in [0.25, 0.3) is 5.91 Å². The molecule has 3 aromatic carbocycles. The molecule has 0 spiro atoms. The summed E-state index contributed by atoms with van der Waals surface area (Å²) in [6.45, 7) is 0.701. The molecule has 0 aliphatic rings. The quantitative estimate of drug-likeness (QED) is 0.629. The fourth-order valence-corrected chi connectivity index (χ4v) is 2.57. The number of rotatable bonds is 6. The second-order valence-corrected chi connectivity index (χ2v) is 6.18. The summed E-state index contributed by atoms with van der Waals surface area (Å²) in [4.78, 5) is 12.3. The lowest BCUT2D eigenvalue weighted by Gasteiger charge is -2.09. The van der Waals surface area contributed by atoms with Crippen LogP contribution in [-0.2, 0) is 6.54 Å². The monoisotopic (exact) mass is 366 g/mol. The predicted octanol–water partition coefficient (Wildman–Crippen LogP) is 5.21. The Kier molecular flexibility index (Phi) is 5.77. The van der Waals surface area contributed by atoms with E-state index in [1.807, 2.05) is 48.5 Å². The summed E-state index contributed by atoms with van der Waals surface area (Å²) in [6, 6.07) is 22.3. The highest BCUT2D eigenvalue weighted by Crippen LogP contribution is 2.18. The molecule has 5 heteroatoms. The first kappa shape index (κ1) is 17.8. The SMILES string of the molecule is COc1cccc(C(=O)Nc2ccc(NCc3ccc(Cl)cc3)cc2)c1. The van der Waals surface area contributed by atoms with Crippen molar-refractivity contribution in [2.45, 2.75) is 6.54 Å². The third-order valence-electron chi connectivity index (χ3n) is 3.88. The Morgan fingerprint density at radius 2 is 1.65 bits per heavy atom. The number of amides is 1. The number of hydrogen-bond acceptors (Lipinski definition) is 3. The van der Waals surface area contributed by atoms with Gasteiger partial charge in [-0.05, 0) is 60.2 Å². The summed E-state index contributed by atoms with van der Waals surface area (Å²) in [7, 11) is 1.58. The van der Waals surface area contributed by atoms with E-state index in [2.05, 4.69) is 10.6 Å². The Balaban J connectivity index is 1.58. The van der Waals surface area contributed by atoms with E-state index in [0.717, 1.165) is 22.0 Å². The van der Waals surface area contributed by atoms with Crippen LogP contribution in [-0.4, -0.2) is 13.0 Å². The summed E-state index contributed by atoms with van der Waals surface area (Å²) in [5.74, 6) is 0.477. The highest BCUT2D eigenvalue weighted by atomic mass is 35.5. The zero-order chi connectivity index (χ0) is 18.4. The van der Waals surface area contributed by atoms with Crippen molar-refractivity contribution in [3.8, 4) is 5.75 Å². The van der Waals surface area contributed by atoms with E-state index >= 15 is 0 Å². The number of carbonyl (C=O) groups is 1. The van der Waals surface area contributed by atoms with Gasteiger partial charge in [0, 0.05) is 28.5 Å². The fourth-order valence-electron chi connectivity index (χ4n) is 2.45. The van der Waals surface area contributed by atoms with Gasteiger partial charge in [0.2, 0.25) is 0 Å². The summed E-state index contributed by atoms with van der Waals surface area (Å²) in [6.07, 6.45) is 0. The third-order valence-corrected chi connectivity index (χ3v) is 4.14. The average molecular weight is 367 g/mol. The molecular weight excluding hydrogens is 348 g/mol. The molecule has 2 N–H and O–H groups in total. The largest absolute Gasteiger partial charge is 0.497 e. The number of halogens is 1. The molecule has 0 radical (unpaired) electrons. The maximum absolute atomic E-state index is 12.3. The minimum atomic E-state index is -0.175. The van der Waals surface area contributed by atoms with Gasteiger partial charge in [0.05, 0.1) is 7.11 Å². The smallest absolute Gasteiger partial charge is 0.255 e. The lowest BCUT2D eigenvalue weighted by molar-refractivity contribution is 0.102. The highest BCUT2D eigenvalue weighted by molar-refractivity contribution is 6.30. The second-order valence-electron chi connectivity index (χ2n) is 5.74. The first-order valence-electron chi connectivity index (χ1n) is 8.18. The van der Waals surface area contributed by atoms with Crippen molar-refractivity contribution in [1.82, 2.24) is 0 Å². The molecule has 0 saturated carbocycles. The van der Waals surface area contributed by atoms with Gasteiger partial charge in [-0.2, -0.15) is 0 Å². The zero-order valence-electron chi connectivity index (χ0n) is 14.3. The van der Waals surface area contributed by atoms with Gasteiger partial charge in [0.15, 0.2) is 0 Å². The first-order valence-corrected chi connectivity index (χ1v) is 8.55. The summed E-state index contributed by atoms with van der Waals surface area (Å²) < 4.78 is 5.15. The van der Waals surface area contributed by atoms with Crippen molar-refractivity contribution in [3.05, 3.63) is 88.9 Å². The standard InChI is InChI=1S/C21H19ClN2O2/c1-26-20-4-2-3-16(13-20)21(25)24-19-11-9-18(10-12-19)23-14-15-5-7-17(22)8-6-15/h2-13,23H,14H2,1H3,(H,24,25). The van der Waals surface area contributed by atoms with Gasteiger partial charge in [-0.25, -0.2) is 0 Å². The lowest BCUT2D eigenvalue weighted by atomic mass is 10.2. The van der Waals surface area contributed by atoms with Crippen LogP contribution < -0.4 is 15.4 Å².